The number of fused-ring (bicyclic) bond motifs is 1. The van der Waals surface area contributed by atoms with Crippen LogP contribution in [0.5, 0.6) is 0 Å². The van der Waals surface area contributed by atoms with E-state index in [1.165, 1.54) is 6.92 Å². The van der Waals surface area contributed by atoms with Crippen molar-refractivity contribution in [3.05, 3.63) is 83.1 Å². The molecule has 2 heterocycles. The van der Waals surface area contributed by atoms with Crippen molar-refractivity contribution in [2.24, 2.45) is 0 Å². The number of carbonyl (C=O) groups excluding carboxylic acids is 6. The van der Waals surface area contributed by atoms with Crippen molar-refractivity contribution < 1.29 is 43.0 Å². The molecule has 16 heteroatoms. The first-order valence-electron chi connectivity index (χ1n) is 13.6. The van der Waals surface area contributed by atoms with Crippen LogP contribution in [0, 0.1) is 6.92 Å². The summed E-state index contributed by atoms with van der Waals surface area (Å²) < 4.78 is 15.4. The molecule has 2 aromatic carbocycles. The number of anilines is 1. The lowest BCUT2D eigenvalue weighted by molar-refractivity contribution is -0.151. The smallest absolute Gasteiger partial charge is 0.348 e. The number of nitrogens with zero attached hydrogens (tertiary/aromatic N) is 1. The van der Waals surface area contributed by atoms with Crippen molar-refractivity contribution in [3.8, 4) is 0 Å². The van der Waals surface area contributed by atoms with Gasteiger partial charge in [-0.25, -0.2) is 14.4 Å². The van der Waals surface area contributed by atoms with E-state index in [1.54, 1.807) is 44.2 Å². The second-order valence-corrected chi connectivity index (χ2v) is 12.1. The maximum Gasteiger partial charge on any atom is 0.348 e. The molecular weight excluding hydrogens is 706 g/mol. The number of hydrogen-bond acceptors (Lipinski definition) is 10. The highest BCUT2D eigenvalue weighted by Gasteiger charge is 2.47. The van der Waals surface area contributed by atoms with Crippen LogP contribution in [0.4, 0.5) is 5.00 Å². The molecule has 242 valence electrons. The molecule has 0 aliphatic carbocycles. The maximum absolute atomic E-state index is 13.5. The monoisotopic (exact) mass is 728 g/mol. The van der Waals surface area contributed by atoms with Gasteiger partial charge < -0.3 is 19.5 Å². The Morgan fingerprint density at radius 2 is 1.37 bits per heavy atom. The SMILES string of the molecule is CCOC(=O)c1sc(NC(=O)COC(=O)[C@@H](Cc2ccccc2)N2C(=O)c3c(Cl)c(Cl)c(Cl)c(Cl)c3C2=O)c(C(=O)OCC)c1C. The second kappa shape index (κ2) is 14.8. The topological polar surface area (TPSA) is 145 Å². The summed E-state index contributed by atoms with van der Waals surface area (Å²) in [6, 6.07) is 6.87. The number of halogens is 4. The molecule has 0 unspecified atom stereocenters. The predicted octanol–water partition coefficient (Wildman–Crippen LogP) is 6.41. The van der Waals surface area contributed by atoms with Gasteiger partial charge >= 0.3 is 17.9 Å². The zero-order chi connectivity index (χ0) is 33.9. The summed E-state index contributed by atoms with van der Waals surface area (Å²) in [6.45, 7) is 3.93. The van der Waals surface area contributed by atoms with Crippen LogP contribution >= 0.6 is 57.7 Å². The Balaban J connectivity index is 1.60. The average molecular weight is 730 g/mol. The van der Waals surface area contributed by atoms with Crippen molar-refractivity contribution in [1.82, 2.24) is 4.90 Å². The zero-order valence-corrected chi connectivity index (χ0v) is 28.2. The molecule has 4 rings (SSSR count). The Morgan fingerprint density at radius 3 is 1.91 bits per heavy atom. The lowest BCUT2D eigenvalue weighted by Crippen LogP contribution is -2.47. The number of esters is 3. The molecule has 1 aliphatic heterocycles. The van der Waals surface area contributed by atoms with Crippen LogP contribution < -0.4 is 5.32 Å². The molecule has 1 aliphatic rings. The molecular formula is C30H24Cl4N2O9S. The van der Waals surface area contributed by atoms with E-state index in [1.807, 2.05) is 0 Å². The van der Waals surface area contributed by atoms with Gasteiger partial charge in [-0.3, -0.25) is 19.3 Å². The normalized spacial score (nSPS) is 12.9. The van der Waals surface area contributed by atoms with E-state index in [2.05, 4.69) is 5.32 Å². The van der Waals surface area contributed by atoms with Gasteiger partial charge in [0.2, 0.25) is 0 Å². The van der Waals surface area contributed by atoms with E-state index in [4.69, 9.17) is 60.6 Å². The van der Waals surface area contributed by atoms with Gasteiger partial charge in [0.15, 0.2) is 6.61 Å². The van der Waals surface area contributed by atoms with Crippen molar-refractivity contribution in [1.29, 1.82) is 0 Å². The number of carbonyl (C=O) groups is 6. The van der Waals surface area contributed by atoms with Crippen LogP contribution in [0.1, 0.15) is 65.7 Å². The molecule has 0 fully saturated rings. The van der Waals surface area contributed by atoms with Crippen molar-refractivity contribution >= 4 is 98.4 Å². The van der Waals surface area contributed by atoms with Crippen LogP contribution in [-0.2, 0) is 30.2 Å². The zero-order valence-electron chi connectivity index (χ0n) is 24.3. The Bertz CT molecular complexity index is 1710. The number of nitrogens with one attached hydrogen (secondary N) is 1. The molecule has 11 nitrogen and oxygen atoms in total. The fourth-order valence-electron chi connectivity index (χ4n) is 4.60. The first-order chi connectivity index (χ1) is 21.8. The fraction of sp³-hybridized carbons (Fsp3) is 0.267. The van der Waals surface area contributed by atoms with Gasteiger partial charge in [-0.1, -0.05) is 76.7 Å². The number of thiophene rings is 1. The summed E-state index contributed by atoms with van der Waals surface area (Å²) in [4.78, 5) is 79.4. The number of imide groups is 1. The molecule has 3 amide bonds. The highest BCUT2D eigenvalue weighted by molar-refractivity contribution is 7.18. The summed E-state index contributed by atoms with van der Waals surface area (Å²) in [5.41, 5.74) is 0.0746. The molecule has 1 N–H and O–H groups in total. The third-order valence-electron chi connectivity index (χ3n) is 6.67. The highest BCUT2D eigenvalue weighted by atomic mass is 35.5. The lowest BCUT2D eigenvalue weighted by Gasteiger charge is -2.24. The summed E-state index contributed by atoms with van der Waals surface area (Å²) in [5.74, 6) is -5.42. The van der Waals surface area contributed by atoms with E-state index < -0.39 is 48.3 Å². The first-order valence-corrected chi connectivity index (χ1v) is 15.9. The summed E-state index contributed by atoms with van der Waals surface area (Å²) >= 11 is 25.6. The van der Waals surface area contributed by atoms with Crippen molar-refractivity contribution in [2.45, 2.75) is 33.2 Å². The molecule has 1 aromatic heterocycles. The van der Waals surface area contributed by atoms with Crippen LogP contribution in [-0.4, -0.2) is 66.4 Å². The largest absolute Gasteiger partial charge is 0.462 e. The minimum atomic E-state index is -1.57. The third-order valence-corrected chi connectivity index (χ3v) is 9.66. The Hall–Kier alpha value is -3.68. The Labute approximate surface area is 286 Å². The van der Waals surface area contributed by atoms with E-state index in [9.17, 15) is 28.8 Å². The minimum absolute atomic E-state index is 0.0284. The highest BCUT2D eigenvalue weighted by Crippen LogP contribution is 2.45. The molecule has 0 radical (unpaired) electrons. The van der Waals surface area contributed by atoms with E-state index in [0.717, 1.165) is 11.3 Å². The number of hydrogen-bond donors (Lipinski definition) is 1. The van der Waals surface area contributed by atoms with Gasteiger partial charge in [0.1, 0.15) is 15.9 Å². The van der Waals surface area contributed by atoms with Gasteiger partial charge in [0.25, 0.3) is 17.7 Å². The quantitative estimate of drug-likeness (QED) is 0.0778. The van der Waals surface area contributed by atoms with Crippen LogP contribution in [0.15, 0.2) is 30.3 Å². The predicted molar refractivity (Wildman–Crippen MR) is 171 cm³/mol. The summed E-state index contributed by atoms with van der Waals surface area (Å²) in [7, 11) is 0. The van der Waals surface area contributed by atoms with Gasteiger partial charge in [-0.15, -0.1) is 11.3 Å². The summed E-state index contributed by atoms with van der Waals surface area (Å²) in [6.07, 6.45) is -0.191. The number of benzene rings is 2. The average Bonchev–Trinajstić information content (AvgIpc) is 3.49. The fourth-order valence-corrected chi connectivity index (χ4v) is 6.72. The first kappa shape index (κ1) is 35.2. The third kappa shape index (κ3) is 6.86. The molecule has 1 atom stereocenters. The molecule has 3 aromatic rings. The van der Waals surface area contributed by atoms with Gasteiger partial charge in [0, 0.05) is 6.42 Å². The number of ether oxygens (including phenoxy) is 3. The molecule has 46 heavy (non-hydrogen) atoms. The van der Waals surface area contributed by atoms with Crippen LogP contribution in [0.3, 0.4) is 0 Å². The molecule has 0 saturated carbocycles. The van der Waals surface area contributed by atoms with E-state index >= 15 is 0 Å². The molecule has 0 saturated heterocycles. The van der Waals surface area contributed by atoms with Gasteiger partial charge in [0.05, 0.1) is 50.0 Å². The van der Waals surface area contributed by atoms with E-state index in [0.29, 0.717) is 10.5 Å². The number of amides is 3. The Morgan fingerprint density at radius 1 is 0.826 bits per heavy atom. The lowest BCUT2D eigenvalue weighted by atomic mass is 10.0. The number of rotatable bonds is 11. The van der Waals surface area contributed by atoms with Crippen molar-refractivity contribution in [3.63, 3.8) is 0 Å². The second-order valence-electron chi connectivity index (χ2n) is 9.55. The Kier molecular flexibility index (Phi) is 11.3. The molecule has 0 spiro atoms. The minimum Gasteiger partial charge on any atom is -0.462 e. The van der Waals surface area contributed by atoms with Gasteiger partial charge in [-0.05, 0) is 31.9 Å². The van der Waals surface area contributed by atoms with Crippen molar-refractivity contribution in [2.75, 3.05) is 25.1 Å². The molecule has 0 bridgehead atoms. The van der Waals surface area contributed by atoms with E-state index in [-0.39, 0.29) is 71.9 Å². The summed E-state index contributed by atoms with van der Waals surface area (Å²) in [5, 5.41) is 1.31. The van der Waals surface area contributed by atoms with Crippen LogP contribution in [0.2, 0.25) is 20.1 Å². The van der Waals surface area contributed by atoms with Crippen LogP contribution in [0.25, 0.3) is 0 Å². The van der Waals surface area contributed by atoms with Gasteiger partial charge in [-0.2, -0.15) is 0 Å². The standard InChI is InChI=1S/C30H24Cl4N2O9S/c1-4-43-29(41)17-13(3)24(30(42)44-5-2)46-25(17)35-16(37)12-45-28(40)15(11-14-9-7-6-8-10-14)36-26(38)18-19(27(36)39)21(32)23(34)22(33)20(18)31/h6-10,15H,4-5,11-12H2,1-3H3,(H,35,37)/t15-/m1/s1. The maximum atomic E-state index is 13.5.